The monoisotopic (exact) mass is 444 g/mol. The molecule has 2 aromatic heterocycles. The highest BCUT2D eigenvalue weighted by Gasteiger charge is 2.24. The van der Waals surface area contributed by atoms with Gasteiger partial charge in [-0.05, 0) is 49.9 Å². The van der Waals surface area contributed by atoms with Gasteiger partial charge < -0.3 is 10.3 Å². The largest absolute Gasteiger partial charge is 0.358 e. The van der Waals surface area contributed by atoms with Crippen molar-refractivity contribution in [2.45, 2.75) is 32.2 Å². The first-order valence-corrected chi connectivity index (χ1v) is 10.8. The van der Waals surface area contributed by atoms with Crippen LogP contribution in [-0.2, 0) is 19.9 Å². The van der Waals surface area contributed by atoms with E-state index < -0.39 is 11.9 Å². The SMILES string of the molecule is Cc1ccc2[nH]c3c(c2c1)CC(NC(=O)NNC(=O)c1nn(C)c(=O)c2ccccc12)CC3. The highest BCUT2D eigenvalue weighted by molar-refractivity contribution is 6.05. The van der Waals surface area contributed by atoms with Crippen LogP contribution in [0, 0.1) is 6.92 Å². The Bertz CT molecular complexity index is 1470. The molecule has 2 heterocycles. The number of hydrazine groups is 1. The minimum atomic E-state index is -0.602. The summed E-state index contributed by atoms with van der Waals surface area (Å²) in [4.78, 5) is 40.9. The minimum Gasteiger partial charge on any atom is -0.358 e. The lowest BCUT2D eigenvalue weighted by Gasteiger charge is -2.24. The molecule has 9 nitrogen and oxygen atoms in total. The summed E-state index contributed by atoms with van der Waals surface area (Å²) in [5, 5.41) is 9.01. The summed E-state index contributed by atoms with van der Waals surface area (Å²) in [5.41, 5.74) is 9.32. The van der Waals surface area contributed by atoms with Gasteiger partial charge in [-0.3, -0.25) is 15.0 Å². The quantitative estimate of drug-likeness (QED) is 0.354. The highest BCUT2D eigenvalue weighted by atomic mass is 16.2. The molecule has 1 aliphatic rings. The maximum absolute atomic E-state index is 12.7. The number of aromatic amines is 1. The van der Waals surface area contributed by atoms with E-state index in [-0.39, 0.29) is 17.3 Å². The first kappa shape index (κ1) is 20.7. The molecular weight excluding hydrogens is 420 g/mol. The van der Waals surface area contributed by atoms with Crippen molar-refractivity contribution in [2.24, 2.45) is 7.05 Å². The van der Waals surface area contributed by atoms with Gasteiger partial charge in [-0.2, -0.15) is 5.10 Å². The van der Waals surface area contributed by atoms with Crippen molar-refractivity contribution in [3.8, 4) is 0 Å². The molecule has 1 unspecified atom stereocenters. The third-order valence-corrected chi connectivity index (χ3v) is 6.14. The van der Waals surface area contributed by atoms with E-state index in [1.807, 2.05) is 0 Å². The second kappa shape index (κ2) is 8.09. The van der Waals surface area contributed by atoms with Gasteiger partial charge in [0.1, 0.15) is 0 Å². The topological polar surface area (TPSA) is 121 Å². The predicted octanol–water partition coefficient (Wildman–Crippen LogP) is 2.22. The van der Waals surface area contributed by atoms with Gasteiger partial charge in [-0.1, -0.05) is 29.8 Å². The van der Waals surface area contributed by atoms with Crippen LogP contribution in [0.25, 0.3) is 21.7 Å². The molecule has 0 saturated carbocycles. The van der Waals surface area contributed by atoms with Crippen LogP contribution < -0.4 is 21.7 Å². The Labute approximate surface area is 189 Å². The second-order valence-electron chi connectivity index (χ2n) is 8.45. The number of hydrogen-bond donors (Lipinski definition) is 4. The lowest BCUT2D eigenvalue weighted by atomic mass is 9.91. The zero-order valence-corrected chi connectivity index (χ0v) is 18.4. The van der Waals surface area contributed by atoms with Crippen molar-refractivity contribution in [2.75, 3.05) is 0 Å². The maximum Gasteiger partial charge on any atom is 0.333 e. The fraction of sp³-hybridized carbons (Fsp3) is 0.250. The lowest BCUT2D eigenvalue weighted by Crippen LogP contribution is -2.51. The third-order valence-electron chi connectivity index (χ3n) is 6.14. The van der Waals surface area contributed by atoms with Gasteiger partial charge in [0.25, 0.3) is 11.5 Å². The number of carbonyl (C=O) groups excluding carboxylic acids is 2. The van der Waals surface area contributed by atoms with E-state index in [0.717, 1.165) is 23.0 Å². The summed E-state index contributed by atoms with van der Waals surface area (Å²) in [6.07, 6.45) is 2.36. The second-order valence-corrected chi connectivity index (χ2v) is 8.45. The van der Waals surface area contributed by atoms with Gasteiger partial charge in [0.15, 0.2) is 5.69 Å². The molecule has 2 aromatic carbocycles. The number of hydrogen-bond acceptors (Lipinski definition) is 4. The maximum atomic E-state index is 12.7. The van der Waals surface area contributed by atoms with Crippen molar-refractivity contribution in [1.82, 2.24) is 30.9 Å². The number of nitrogens with one attached hydrogen (secondary N) is 4. The summed E-state index contributed by atoms with van der Waals surface area (Å²) in [5.74, 6) is -0.602. The number of amides is 3. The van der Waals surface area contributed by atoms with Gasteiger partial charge in [0.05, 0.1) is 5.39 Å². The molecule has 0 saturated heterocycles. The number of aromatic nitrogens is 3. The standard InChI is InChI=1S/C24H24N6O3/c1-13-7-9-19-17(11-13)18-12-14(8-10-20(18)26-19)25-24(33)28-27-22(31)21-15-5-3-4-6-16(15)23(32)30(2)29-21/h3-7,9,11,14,26H,8,10,12H2,1-2H3,(H,27,31)(H2,25,28,33). The van der Waals surface area contributed by atoms with E-state index >= 15 is 0 Å². The first-order valence-electron chi connectivity index (χ1n) is 10.8. The first-order chi connectivity index (χ1) is 15.9. The normalized spacial score (nSPS) is 15.3. The summed E-state index contributed by atoms with van der Waals surface area (Å²) in [6.45, 7) is 2.07. The molecule has 3 amide bonds. The van der Waals surface area contributed by atoms with Crippen molar-refractivity contribution < 1.29 is 9.59 Å². The van der Waals surface area contributed by atoms with Gasteiger partial charge in [-0.25, -0.2) is 14.9 Å². The highest BCUT2D eigenvalue weighted by Crippen LogP contribution is 2.29. The Balaban J connectivity index is 1.26. The molecule has 0 fully saturated rings. The third kappa shape index (κ3) is 3.82. The molecular formula is C24H24N6O3. The Morgan fingerprint density at radius 3 is 2.70 bits per heavy atom. The number of fused-ring (bicyclic) bond motifs is 4. The fourth-order valence-electron chi connectivity index (χ4n) is 4.52. The molecule has 0 aliphatic heterocycles. The molecule has 0 radical (unpaired) electrons. The van der Waals surface area contributed by atoms with E-state index in [1.54, 1.807) is 24.3 Å². The minimum absolute atomic E-state index is 0.0505. The van der Waals surface area contributed by atoms with Gasteiger partial charge in [-0.15, -0.1) is 0 Å². The summed E-state index contributed by atoms with van der Waals surface area (Å²) >= 11 is 0. The van der Waals surface area contributed by atoms with Crippen LogP contribution in [0.5, 0.6) is 0 Å². The van der Waals surface area contributed by atoms with Crippen molar-refractivity contribution in [3.05, 3.63) is 75.3 Å². The molecule has 0 spiro atoms. The van der Waals surface area contributed by atoms with Crippen molar-refractivity contribution in [1.29, 1.82) is 0 Å². The number of aryl methyl sites for hydroxylation is 3. The predicted molar refractivity (Wildman–Crippen MR) is 125 cm³/mol. The lowest BCUT2D eigenvalue weighted by molar-refractivity contribution is 0.0930. The van der Waals surface area contributed by atoms with E-state index in [4.69, 9.17) is 0 Å². The number of benzene rings is 2. The van der Waals surface area contributed by atoms with Crippen LogP contribution in [0.4, 0.5) is 4.79 Å². The molecule has 5 rings (SSSR count). The molecule has 168 valence electrons. The van der Waals surface area contributed by atoms with Gasteiger partial charge in [0, 0.05) is 35.1 Å². The van der Waals surface area contributed by atoms with Crippen LogP contribution in [0.3, 0.4) is 0 Å². The Morgan fingerprint density at radius 2 is 1.88 bits per heavy atom. The molecule has 1 atom stereocenters. The van der Waals surface area contributed by atoms with Crippen LogP contribution >= 0.6 is 0 Å². The van der Waals surface area contributed by atoms with E-state index in [1.165, 1.54) is 29.3 Å². The Morgan fingerprint density at radius 1 is 1.09 bits per heavy atom. The number of rotatable bonds is 2. The molecule has 0 bridgehead atoms. The average molecular weight is 444 g/mol. The smallest absolute Gasteiger partial charge is 0.333 e. The summed E-state index contributed by atoms with van der Waals surface area (Å²) in [6, 6.07) is 12.5. The fourth-order valence-corrected chi connectivity index (χ4v) is 4.52. The zero-order chi connectivity index (χ0) is 23.1. The zero-order valence-electron chi connectivity index (χ0n) is 18.4. The van der Waals surface area contributed by atoms with Crippen LogP contribution in [0.15, 0.2) is 47.3 Å². The number of urea groups is 1. The average Bonchev–Trinajstić information content (AvgIpc) is 3.17. The molecule has 9 heteroatoms. The molecule has 4 aromatic rings. The van der Waals surface area contributed by atoms with E-state index in [9.17, 15) is 14.4 Å². The van der Waals surface area contributed by atoms with E-state index in [0.29, 0.717) is 17.2 Å². The molecule has 4 N–H and O–H groups in total. The van der Waals surface area contributed by atoms with Crippen LogP contribution in [0.2, 0.25) is 0 Å². The molecule has 33 heavy (non-hydrogen) atoms. The van der Waals surface area contributed by atoms with E-state index in [2.05, 4.69) is 51.4 Å². The summed E-state index contributed by atoms with van der Waals surface area (Å²) < 4.78 is 1.11. The Kier molecular flexibility index (Phi) is 5.08. The Hall–Kier alpha value is -4.14. The van der Waals surface area contributed by atoms with Gasteiger partial charge in [0.2, 0.25) is 0 Å². The molecule has 1 aliphatic carbocycles. The van der Waals surface area contributed by atoms with Crippen molar-refractivity contribution >= 4 is 33.6 Å². The van der Waals surface area contributed by atoms with Crippen LogP contribution in [-0.4, -0.2) is 32.7 Å². The summed E-state index contributed by atoms with van der Waals surface area (Å²) in [7, 11) is 1.48. The number of nitrogens with zero attached hydrogens (tertiary/aromatic N) is 2. The van der Waals surface area contributed by atoms with Crippen molar-refractivity contribution in [3.63, 3.8) is 0 Å². The van der Waals surface area contributed by atoms with Gasteiger partial charge >= 0.3 is 6.03 Å². The van der Waals surface area contributed by atoms with Crippen LogP contribution in [0.1, 0.15) is 33.7 Å². The number of H-pyrrole nitrogens is 1. The number of carbonyl (C=O) groups is 2.